The number of nitrogens with two attached hydrogens (primary N) is 1. The summed E-state index contributed by atoms with van der Waals surface area (Å²) in [4.78, 5) is 11.8. The highest BCUT2D eigenvalue weighted by atomic mass is 16.5. The van der Waals surface area contributed by atoms with E-state index >= 15 is 0 Å². The van der Waals surface area contributed by atoms with Crippen molar-refractivity contribution in [2.24, 2.45) is 5.73 Å². The Balaban J connectivity index is 2.69. The second-order valence-electron chi connectivity index (χ2n) is 3.95. The summed E-state index contributed by atoms with van der Waals surface area (Å²) in [5.74, 6) is 0.888. The highest BCUT2D eigenvalue weighted by Gasteiger charge is 2.14. The average Bonchev–Trinajstić information content (AvgIpc) is 2.44. The van der Waals surface area contributed by atoms with Gasteiger partial charge >= 0.3 is 0 Å². The minimum atomic E-state index is -0.604. The van der Waals surface area contributed by atoms with Gasteiger partial charge in [-0.15, -0.1) is 0 Å². The summed E-state index contributed by atoms with van der Waals surface area (Å²) in [7, 11) is 4.66. The summed E-state index contributed by atoms with van der Waals surface area (Å²) < 4.78 is 15.2. The molecule has 0 saturated carbocycles. The Morgan fingerprint density at radius 2 is 1.95 bits per heavy atom. The molecule has 0 heterocycles. The molecule has 1 amide bonds. The van der Waals surface area contributed by atoms with E-state index in [9.17, 15) is 4.79 Å². The molecule has 1 aromatic carbocycles. The quantitative estimate of drug-likeness (QED) is 0.771. The van der Waals surface area contributed by atoms with E-state index in [1.165, 1.54) is 7.11 Å². The summed E-state index contributed by atoms with van der Waals surface area (Å²) >= 11 is 0. The van der Waals surface area contributed by atoms with E-state index in [1.807, 2.05) is 0 Å². The third kappa shape index (κ3) is 4.42. The van der Waals surface area contributed by atoms with Crippen molar-refractivity contribution >= 4 is 11.6 Å². The number of anilines is 1. The molecule has 0 radical (unpaired) electrons. The van der Waals surface area contributed by atoms with Gasteiger partial charge in [0.25, 0.3) is 0 Å². The van der Waals surface area contributed by atoms with Crippen LogP contribution < -0.4 is 20.5 Å². The van der Waals surface area contributed by atoms with Crippen molar-refractivity contribution in [3.05, 3.63) is 18.2 Å². The molecule has 6 nitrogen and oxygen atoms in total. The Kier molecular flexibility index (Phi) is 6.11. The second-order valence-corrected chi connectivity index (χ2v) is 3.95. The molecule has 0 saturated heterocycles. The standard InChI is InChI=1S/C13H20N2O4/c1-17-7-6-10(14)13(16)15-9-4-5-11(18-2)12(8-9)19-3/h4-5,8,10H,6-7,14H2,1-3H3,(H,15,16). The van der Waals surface area contributed by atoms with Crippen molar-refractivity contribution in [1.29, 1.82) is 0 Å². The molecule has 1 rings (SSSR count). The third-order valence-electron chi connectivity index (χ3n) is 2.62. The normalized spacial score (nSPS) is 11.8. The minimum Gasteiger partial charge on any atom is -0.493 e. The Labute approximate surface area is 112 Å². The van der Waals surface area contributed by atoms with Gasteiger partial charge in [0.05, 0.1) is 20.3 Å². The van der Waals surface area contributed by atoms with Gasteiger partial charge in [0.2, 0.25) is 5.91 Å². The molecule has 0 aliphatic carbocycles. The number of hydrogen-bond donors (Lipinski definition) is 2. The van der Waals surface area contributed by atoms with Gasteiger partial charge in [-0.3, -0.25) is 4.79 Å². The first-order valence-electron chi connectivity index (χ1n) is 5.89. The van der Waals surface area contributed by atoms with Gasteiger partial charge in [-0.05, 0) is 18.6 Å². The maximum absolute atomic E-state index is 11.8. The molecule has 0 aromatic heterocycles. The molecule has 1 aromatic rings. The zero-order chi connectivity index (χ0) is 14.3. The lowest BCUT2D eigenvalue weighted by Gasteiger charge is -2.13. The van der Waals surface area contributed by atoms with Crippen LogP contribution in [0.1, 0.15) is 6.42 Å². The van der Waals surface area contributed by atoms with E-state index < -0.39 is 6.04 Å². The van der Waals surface area contributed by atoms with Crippen molar-refractivity contribution in [1.82, 2.24) is 0 Å². The molecular formula is C13H20N2O4. The van der Waals surface area contributed by atoms with E-state index in [-0.39, 0.29) is 5.91 Å². The first-order valence-corrected chi connectivity index (χ1v) is 5.89. The van der Waals surface area contributed by atoms with Crippen LogP contribution in [-0.4, -0.2) is 39.9 Å². The Bertz CT molecular complexity index is 423. The number of carbonyl (C=O) groups excluding carboxylic acids is 1. The van der Waals surface area contributed by atoms with Crippen LogP contribution in [0, 0.1) is 0 Å². The smallest absolute Gasteiger partial charge is 0.241 e. The van der Waals surface area contributed by atoms with Gasteiger partial charge in [-0.25, -0.2) is 0 Å². The molecule has 6 heteroatoms. The fourth-order valence-electron chi connectivity index (χ4n) is 1.52. The highest BCUT2D eigenvalue weighted by molar-refractivity contribution is 5.94. The van der Waals surface area contributed by atoms with E-state index in [4.69, 9.17) is 19.9 Å². The van der Waals surface area contributed by atoms with Crippen LogP contribution in [0.3, 0.4) is 0 Å². The summed E-state index contributed by atoms with van der Waals surface area (Å²) in [6.45, 7) is 0.445. The van der Waals surface area contributed by atoms with Gasteiger partial charge < -0.3 is 25.3 Å². The molecule has 0 aliphatic rings. The molecule has 0 spiro atoms. The zero-order valence-electron chi connectivity index (χ0n) is 11.4. The fraction of sp³-hybridized carbons (Fsp3) is 0.462. The monoisotopic (exact) mass is 268 g/mol. The number of hydrogen-bond acceptors (Lipinski definition) is 5. The van der Waals surface area contributed by atoms with Crippen LogP contribution in [0.25, 0.3) is 0 Å². The van der Waals surface area contributed by atoms with Gasteiger partial charge in [-0.1, -0.05) is 0 Å². The zero-order valence-corrected chi connectivity index (χ0v) is 11.4. The summed E-state index contributed by atoms with van der Waals surface area (Å²) in [5, 5.41) is 2.72. The topological polar surface area (TPSA) is 82.8 Å². The maximum Gasteiger partial charge on any atom is 0.241 e. The predicted molar refractivity (Wildman–Crippen MR) is 72.6 cm³/mol. The lowest BCUT2D eigenvalue weighted by atomic mass is 10.2. The Hall–Kier alpha value is -1.79. The number of nitrogens with one attached hydrogen (secondary N) is 1. The first-order chi connectivity index (χ1) is 9.12. The largest absolute Gasteiger partial charge is 0.493 e. The molecule has 1 atom stereocenters. The van der Waals surface area contributed by atoms with Crippen LogP contribution in [0.4, 0.5) is 5.69 Å². The molecule has 19 heavy (non-hydrogen) atoms. The molecule has 1 unspecified atom stereocenters. The minimum absolute atomic E-state index is 0.260. The summed E-state index contributed by atoms with van der Waals surface area (Å²) in [6, 6.07) is 4.52. The lowest BCUT2D eigenvalue weighted by molar-refractivity contribution is -0.117. The number of rotatable bonds is 7. The maximum atomic E-state index is 11.8. The molecule has 0 bridgehead atoms. The number of benzene rings is 1. The third-order valence-corrected chi connectivity index (χ3v) is 2.62. The highest BCUT2D eigenvalue weighted by Crippen LogP contribution is 2.29. The molecule has 0 aliphatic heterocycles. The lowest BCUT2D eigenvalue weighted by Crippen LogP contribution is -2.36. The van der Waals surface area contributed by atoms with E-state index in [0.717, 1.165) is 0 Å². The summed E-state index contributed by atoms with van der Waals surface area (Å²) in [6.07, 6.45) is 0.468. The number of methoxy groups -OCH3 is 3. The van der Waals surface area contributed by atoms with Crippen molar-refractivity contribution in [3.8, 4) is 11.5 Å². The predicted octanol–water partition coefficient (Wildman–Crippen LogP) is 1.01. The van der Waals surface area contributed by atoms with Gasteiger partial charge in [0.1, 0.15) is 0 Å². The van der Waals surface area contributed by atoms with Crippen LogP contribution in [0.2, 0.25) is 0 Å². The van der Waals surface area contributed by atoms with Crippen LogP contribution in [0.5, 0.6) is 11.5 Å². The van der Waals surface area contributed by atoms with Gasteiger partial charge in [0, 0.05) is 25.5 Å². The average molecular weight is 268 g/mol. The number of ether oxygens (including phenoxy) is 3. The molecule has 0 fully saturated rings. The van der Waals surface area contributed by atoms with E-state index in [1.54, 1.807) is 32.4 Å². The van der Waals surface area contributed by atoms with Crippen LogP contribution in [0.15, 0.2) is 18.2 Å². The fourth-order valence-corrected chi connectivity index (χ4v) is 1.52. The van der Waals surface area contributed by atoms with Gasteiger partial charge in [-0.2, -0.15) is 0 Å². The molecule has 106 valence electrons. The van der Waals surface area contributed by atoms with E-state index in [2.05, 4.69) is 5.32 Å². The van der Waals surface area contributed by atoms with Crippen molar-refractivity contribution in [3.63, 3.8) is 0 Å². The van der Waals surface area contributed by atoms with Gasteiger partial charge in [0.15, 0.2) is 11.5 Å². The van der Waals surface area contributed by atoms with E-state index in [0.29, 0.717) is 30.2 Å². The first kappa shape index (κ1) is 15.3. The van der Waals surface area contributed by atoms with Crippen molar-refractivity contribution in [2.45, 2.75) is 12.5 Å². The number of carbonyl (C=O) groups is 1. The number of amides is 1. The SMILES string of the molecule is COCCC(N)C(=O)Nc1ccc(OC)c(OC)c1. The second kappa shape index (κ2) is 7.60. The Morgan fingerprint density at radius 3 is 2.53 bits per heavy atom. The van der Waals surface area contributed by atoms with Crippen molar-refractivity contribution in [2.75, 3.05) is 33.3 Å². The molecular weight excluding hydrogens is 248 g/mol. The van der Waals surface area contributed by atoms with Crippen LogP contribution >= 0.6 is 0 Å². The van der Waals surface area contributed by atoms with Crippen LogP contribution in [-0.2, 0) is 9.53 Å². The summed E-state index contributed by atoms with van der Waals surface area (Å²) in [5.41, 5.74) is 6.34. The van der Waals surface area contributed by atoms with Crippen molar-refractivity contribution < 1.29 is 19.0 Å². The molecule has 3 N–H and O–H groups in total. The Morgan fingerprint density at radius 1 is 1.26 bits per heavy atom.